The number of hydrogen-bond donors (Lipinski definition) is 1. The molecule has 6 heteroatoms. The molecule has 0 radical (unpaired) electrons. The van der Waals surface area contributed by atoms with Crippen LogP contribution in [0.4, 0.5) is 17.6 Å². The molecular weight excluding hydrogens is 230 g/mol. The fourth-order valence-electron chi connectivity index (χ4n) is 1.21. The number of hydrogen-bond acceptors (Lipinski definition) is 2. The van der Waals surface area contributed by atoms with Gasteiger partial charge in [-0.3, -0.25) is 0 Å². The molecular formula is C9H9F4NS. The molecule has 1 atom stereocenters. The average molecular weight is 239 g/mol. The van der Waals surface area contributed by atoms with Gasteiger partial charge >= 0.3 is 0 Å². The number of halogens is 4. The zero-order valence-electron chi connectivity index (χ0n) is 8.07. The third-order valence-corrected chi connectivity index (χ3v) is 2.68. The number of benzene rings is 1. The maximum atomic E-state index is 13.3. The van der Waals surface area contributed by atoms with Gasteiger partial charge in [0.2, 0.25) is 0 Å². The Morgan fingerprint density at radius 1 is 1.00 bits per heavy atom. The Hall–Kier alpha value is -0.750. The number of thioether (sulfide) groups is 1. The lowest BCUT2D eigenvalue weighted by Gasteiger charge is -2.12. The van der Waals surface area contributed by atoms with Crippen molar-refractivity contribution in [2.24, 2.45) is 5.73 Å². The predicted molar refractivity (Wildman–Crippen MR) is 50.7 cm³/mol. The lowest BCUT2D eigenvalue weighted by molar-refractivity contribution is 0.406. The van der Waals surface area contributed by atoms with E-state index in [1.54, 1.807) is 0 Å². The second kappa shape index (κ2) is 4.40. The van der Waals surface area contributed by atoms with E-state index in [1.165, 1.54) is 13.2 Å². The van der Waals surface area contributed by atoms with Crippen LogP contribution in [0.15, 0.2) is 4.90 Å². The Balaban J connectivity index is 3.59. The van der Waals surface area contributed by atoms with Gasteiger partial charge in [-0.2, -0.15) is 0 Å². The second-order valence-corrected chi connectivity index (χ2v) is 3.81. The zero-order valence-corrected chi connectivity index (χ0v) is 8.89. The fourth-order valence-corrected chi connectivity index (χ4v) is 1.75. The molecule has 2 N–H and O–H groups in total. The topological polar surface area (TPSA) is 26.0 Å². The first-order valence-electron chi connectivity index (χ1n) is 4.07. The molecule has 0 fully saturated rings. The summed E-state index contributed by atoms with van der Waals surface area (Å²) in [6.45, 7) is 1.25. The van der Waals surface area contributed by atoms with Crippen LogP contribution in [0.1, 0.15) is 18.5 Å². The Bertz CT molecular complexity index is 363. The summed E-state index contributed by atoms with van der Waals surface area (Å²) in [5, 5.41) is 0. The highest BCUT2D eigenvalue weighted by molar-refractivity contribution is 7.98. The molecule has 1 rings (SSSR count). The molecule has 0 bridgehead atoms. The summed E-state index contributed by atoms with van der Waals surface area (Å²) in [6.07, 6.45) is 1.33. The van der Waals surface area contributed by atoms with Gasteiger partial charge in [0.05, 0.1) is 4.90 Å². The van der Waals surface area contributed by atoms with Crippen molar-refractivity contribution in [3.05, 3.63) is 28.8 Å². The van der Waals surface area contributed by atoms with Crippen LogP contribution in [0.5, 0.6) is 0 Å². The second-order valence-electron chi connectivity index (χ2n) is 2.99. The third-order valence-electron chi connectivity index (χ3n) is 1.92. The molecule has 1 unspecified atom stereocenters. The molecule has 0 saturated carbocycles. The molecule has 0 aliphatic rings. The highest BCUT2D eigenvalue weighted by Crippen LogP contribution is 2.32. The van der Waals surface area contributed by atoms with Crippen LogP contribution in [0.2, 0.25) is 0 Å². The molecule has 0 saturated heterocycles. The van der Waals surface area contributed by atoms with E-state index >= 15 is 0 Å². The van der Waals surface area contributed by atoms with Crippen molar-refractivity contribution in [2.45, 2.75) is 17.9 Å². The van der Waals surface area contributed by atoms with Gasteiger partial charge in [0.15, 0.2) is 23.3 Å². The summed E-state index contributed by atoms with van der Waals surface area (Å²) >= 11 is 0.600. The smallest absolute Gasteiger partial charge is 0.175 e. The molecule has 1 aromatic carbocycles. The quantitative estimate of drug-likeness (QED) is 0.488. The van der Waals surface area contributed by atoms with Gasteiger partial charge < -0.3 is 5.73 Å². The molecule has 0 aliphatic heterocycles. The lowest BCUT2D eigenvalue weighted by atomic mass is 10.1. The first-order chi connectivity index (χ1) is 6.91. The van der Waals surface area contributed by atoms with Crippen molar-refractivity contribution in [1.29, 1.82) is 0 Å². The van der Waals surface area contributed by atoms with E-state index in [2.05, 4.69) is 0 Å². The maximum absolute atomic E-state index is 13.3. The summed E-state index contributed by atoms with van der Waals surface area (Å²) in [5.74, 6) is -5.64. The summed E-state index contributed by atoms with van der Waals surface area (Å²) in [5.41, 5.74) is 4.46. The zero-order chi connectivity index (χ0) is 11.7. The van der Waals surface area contributed by atoms with Gasteiger partial charge in [-0.25, -0.2) is 17.6 Å². The monoisotopic (exact) mass is 239 g/mol. The summed E-state index contributed by atoms with van der Waals surface area (Å²) < 4.78 is 52.9. The SMILES string of the molecule is CSc1c(F)c(F)c(C(C)N)c(F)c1F. The Morgan fingerprint density at radius 2 is 1.40 bits per heavy atom. The van der Waals surface area contributed by atoms with E-state index in [9.17, 15) is 17.6 Å². The van der Waals surface area contributed by atoms with Gasteiger partial charge in [0.1, 0.15) is 0 Å². The van der Waals surface area contributed by atoms with Crippen LogP contribution >= 0.6 is 11.8 Å². The summed E-state index contributed by atoms with van der Waals surface area (Å²) in [6, 6.07) is -1.11. The van der Waals surface area contributed by atoms with Crippen LogP contribution in [-0.2, 0) is 0 Å². The first-order valence-corrected chi connectivity index (χ1v) is 5.29. The van der Waals surface area contributed by atoms with Gasteiger partial charge in [0, 0.05) is 11.6 Å². The first kappa shape index (κ1) is 12.3. The minimum Gasteiger partial charge on any atom is -0.324 e. The molecule has 1 nitrogen and oxygen atoms in total. The molecule has 0 aliphatic carbocycles. The van der Waals surface area contributed by atoms with Crippen molar-refractivity contribution in [1.82, 2.24) is 0 Å². The van der Waals surface area contributed by atoms with Gasteiger partial charge in [0.25, 0.3) is 0 Å². The van der Waals surface area contributed by atoms with Crippen LogP contribution in [0.25, 0.3) is 0 Å². The molecule has 0 spiro atoms. The van der Waals surface area contributed by atoms with Crippen molar-refractivity contribution < 1.29 is 17.6 Å². The fraction of sp³-hybridized carbons (Fsp3) is 0.333. The standard InChI is InChI=1S/C9H9F4NS/c1-3(14)4-5(10)7(12)9(15-2)8(13)6(4)11/h3H,14H2,1-2H3. The largest absolute Gasteiger partial charge is 0.324 e. The van der Waals surface area contributed by atoms with E-state index in [1.807, 2.05) is 0 Å². The normalized spacial score (nSPS) is 13.0. The van der Waals surface area contributed by atoms with Crippen LogP contribution in [0, 0.1) is 23.3 Å². The summed E-state index contributed by atoms with van der Waals surface area (Å²) in [4.78, 5) is -0.672. The van der Waals surface area contributed by atoms with Crippen molar-refractivity contribution in [2.75, 3.05) is 6.26 Å². The highest BCUT2D eigenvalue weighted by Gasteiger charge is 2.26. The van der Waals surface area contributed by atoms with Gasteiger partial charge in [-0.05, 0) is 13.2 Å². The van der Waals surface area contributed by atoms with E-state index in [0.29, 0.717) is 11.8 Å². The van der Waals surface area contributed by atoms with Crippen LogP contribution < -0.4 is 5.73 Å². The number of rotatable bonds is 2. The van der Waals surface area contributed by atoms with E-state index in [0.717, 1.165) is 0 Å². The molecule has 15 heavy (non-hydrogen) atoms. The van der Waals surface area contributed by atoms with Crippen molar-refractivity contribution >= 4 is 11.8 Å². The third kappa shape index (κ3) is 1.96. The van der Waals surface area contributed by atoms with E-state index in [4.69, 9.17) is 5.73 Å². The van der Waals surface area contributed by atoms with E-state index in [-0.39, 0.29) is 0 Å². The summed E-state index contributed by atoms with van der Waals surface area (Å²) in [7, 11) is 0. The van der Waals surface area contributed by atoms with E-state index < -0.39 is 39.8 Å². The lowest BCUT2D eigenvalue weighted by Crippen LogP contribution is -2.14. The molecule has 0 heterocycles. The Labute approximate surface area is 88.7 Å². The van der Waals surface area contributed by atoms with Crippen molar-refractivity contribution in [3.8, 4) is 0 Å². The minimum atomic E-state index is -1.42. The highest BCUT2D eigenvalue weighted by atomic mass is 32.2. The number of nitrogens with two attached hydrogens (primary N) is 1. The van der Waals surface area contributed by atoms with Gasteiger partial charge in [-0.1, -0.05) is 0 Å². The average Bonchev–Trinajstić information content (AvgIpc) is 2.16. The Morgan fingerprint density at radius 3 is 1.67 bits per heavy atom. The predicted octanol–water partition coefficient (Wildman–Crippen LogP) is 2.98. The van der Waals surface area contributed by atoms with Crippen molar-refractivity contribution in [3.63, 3.8) is 0 Å². The molecule has 0 aromatic heterocycles. The van der Waals surface area contributed by atoms with Gasteiger partial charge in [-0.15, -0.1) is 11.8 Å². The maximum Gasteiger partial charge on any atom is 0.175 e. The Kier molecular flexibility index (Phi) is 3.62. The van der Waals surface area contributed by atoms with Crippen LogP contribution in [-0.4, -0.2) is 6.26 Å². The molecule has 84 valence electrons. The molecule has 1 aromatic rings. The van der Waals surface area contributed by atoms with Crippen LogP contribution in [0.3, 0.4) is 0 Å². The molecule has 0 amide bonds. The minimum absolute atomic E-state index is 0.600.